The third-order valence-corrected chi connectivity index (χ3v) is 4.16. The van der Waals surface area contributed by atoms with E-state index in [4.69, 9.17) is 10.8 Å². The Labute approximate surface area is 123 Å². The number of amides is 1. The van der Waals surface area contributed by atoms with Gasteiger partial charge in [0.25, 0.3) is 0 Å². The van der Waals surface area contributed by atoms with E-state index < -0.39 is 11.9 Å². The Balaban J connectivity index is 4.17. The summed E-state index contributed by atoms with van der Waals surface area (Å²) in [4.78, 5) is 22.9. The number of carboxylic acid groups (broad SMARTS) is 1. The molecule has 0 rings (SSSR count). The predicted octanol–water partition coefficient (Wildman–Crippen LogP) is 0.885. The highest BCUT2D eigenvalue weighted by Crippen LogP contribution is 2.09. The summed E-state index contributed by atoms with van der Waals surface area (Å²) >= 11 is 3.28. The normalized spacial score (nSPS) is 13.8. The molecule has 0 saturated carbocycles. The first-order valence-electron chi connectivity index (χ1n) is 6.25. The molecule has 7 heteroatoms. The highest BCUT2D eigenvalue weighted by atomic mass is 32.2. The SMILES string of the molecule is CSCCC(CNC(=O)C(CN)CCSC)C(=O)O. The maximum atomic E-state index is 11.9. The number of hydrogen-bond acceptors (Lipinski definition) is 5. The van der Waals surface area contributed by atoms with Crippen LogP contribution >= 0.6 is 23.5 Å². The highest BCUT2D eigenvalue weighted by molar-refractivity contribution is 7.98. The lowest BCUT2D eigenvalue weighted by Crippen LogP contribution is -2.39. The molecule has 4 N–H and O–H groups in total. The van der Waals surface area contributed by atoms with Crippen molar-refractivity contribution in [2.45, 2.75) is 12.8 Å². The number of rotatable bonds is 11. The molecule has 0 aromatic carbocycles. The standard InChI is InChI=1S/C12H24N2O3S2/c1-18-5-3-9(7-13)11(15)14-8-10(12(16)17)4-6-19-2/h9-10H,3-8,13H2,1-2H3,(H,14,15)(H,16,17). The van der Waals surface area contributed by atoms with Gasteiger partial charge >= 0.3 is 5.97 Å². The van der Waals surface area contributed by atoms with Gasteiger partial charge in [-0.1, -0.05) is 0 Å². The average Bonchev–Trinajstić information content (AvgIpc) is 2.39. The summed E-state index contributed by atoms with van der Waals surface area (Å²) in [5, 5.41) is 11.8. The first kappa shape index (κ1) is 18.6. The molecule has 1 amide bonds. The molecule has 0 spiro atoms. The third kappa shape index (κ3) is 8.39. The summed E-state index contributed by atoms with van der Waals surface area (Å²) in [6.07, 6.45) is 5.21. The van der Waals surface area contributed by atoms with Gasteiger partial charge in [-0.3, -0.25) is 9.59 Å². The van der Waals surface area contributed by atoms with Gasteiger partial charge < -0.3 is 16.2 Å². The zero-order chi connectivity index (χ0) is 14.7. The average molecular weight is 308 g/mol. The fourth-order valence-electron chi connectivity index (χ4n) is 1.56. The van der Waals surface area contributed by atoms with Crippen molar-refractivity contribution in [2.75, 3.05) is 37.1 Å². The first-order valence-corrected chi connectivity index (χ1v) is 9.04. The van der Waals surface area contributed by atoms with Gasteiger partial charge in [0.15, 0.2) is 0 Å². The summed E-state index contributed by atoms with van der Waals surface area (Å²) in [5.74, 6) is -0.0726. The monoisotopic (exact) mass is 308 g/mol. The van der Waals surface area contributed by atoms with Crippen molar-refractivity contribution in [3.05, 3.63) is 0 Å². The number of carboxylic acids is 1. The first-order chi connectivity index (χ1) is 9.06. The number of aliphatic carboxylic acids is 1. The van der Waals surface area contributed by atoms with Crippen LogP contribution in [0.3, 0.4) is 0 Å². The molecule has 0 aliphatic rings. The summed E-state index contributed by atoms with van der Waals surface area (Å²) in [5.41, 5.74) is 5.57. The molecular formula is C12H24N2O3S2. The molecule has 2 unspecified atom stereocenters. The summed E-state index contributed by atoms with van der Waals surface area (Å²) in [7, 11) is 0. The fraction of sp³-hybridized carbons (Fsp3) is 0.833. The van der Waals surface area contributed by atoms with Crippen LogP contribution in [0.4, 0.5) is 0 Å². The minimum Gasteiger partial charge on any atom is -0.481 e. The topological polar surface area (TPSA) is 92.4 Å². The van der Waals surface area contributed by atoms with Crippen LogP contribution in [0.25, 0.3) is 0 Å². The Morgan fingerprint density at radius 2 is 1.68 bits per heavy atom. The highest BCUT2D eigenvalue weighted by Gasteiger charge is 2.21. The van der Waals surface area contributed by atoms with Crippen LogP contribution in [0, 0.1) is 11.8 Å². The van der Waals surface area contributed by atoms with Gasteiger partial charge in [0.05, 0.1) is 11.8 Å². The molecule has 19 heavy (non-hydrogen) atoms. The van der Waals surface area contributed by atoms with Gasteiger partial charge in [0, 0.05) is 13.1 Å². The van der Waals surface area contributed by atoms with Crippen LogP contribution in [-0.2, 0) is 9.59 Å². The summed E-state index contributed by atoms with van der Waals surface area (Å²) < 4.78 is 0. The van der Waals surface area contributed by atoms with Crippen LogP contribution in [0.1, 0.15) is 12.8 Å². The lowest BCUT2D eigenvalue weighted by atomic mass is 10.0. The Kier molecular flexibility index (Phi) is 11.2. The number of nitrogens with one attached hydrogen (secondary N) is 1. The smallest absolute Gasteiger partial charge is 0.308 e. The Morgan fingerprint density at radius 3 is 2.11 bits per heavy atom. The van der Waals surface area contributed by atoms with Gasteiger partial charge in [-0.2, -0.15) is 23.5 Å². The van der Waals surface area contributed by atoms with E-state index in [9.17, 15) is 9.59 Å². The number of thioether (sulfide) groups is 2. The van der Waals surface area contributed by atoms with E-state index in [-0.39, 0.29) is 18.4 Å². The van der Waals surface area contributed by atoms with Gasteiger partial charge in [-0.05, 0) is 36.9 Å². The quantitative estimate of drug-likeness (QED) is 0.525. The second-order valence-electron chi connectivity index (χ2n) is 4.28. The number of nitrogens with two attached hydrogens (primary N) is 1. The summed E-state index contributed by atoms with van der Waals surface area (Å²) in [6.45, 7) is 0.486. The lowest BCUT2D eigenvalue weighted by Gasteiger charge is -2.17. The molecule has 112 valence electrons. The van der Waals surface area contributed by atoms with Gasteiger partial charge in [0.2, 0.25) is 5.91 Å². The van der Waals surface area contributed by atoms with Crippen LogP contribution in [0.2, 0.25) is 0 Å². The van der Waals surface area contributed by atoms with Gasteiger partial charge in [-0.15, -0.1) is 0 Å². The van der Waals surface area contributed by atoms with Crippen molar-refractivity contribution in [1.82, 2.24) is 5.32 Å². The van der Waals surface area contributed by atoms with Crippen molar-refractivity contribution in [1.29, 1.82) is 0 Å². The van der Waals surface area contributed by atoms with Gasteiger partial charge in [-0.25, -0.2) is 0 Å². The maximum absolute atomic E-state index is 11.9. The lowest BCUT2D eigenvalue weighted by molar-refractivity contribution is -0.141. The Bertz CT molecular complexity index is 278. The second kappa shape index (κ2) is 11.4. The predicted molar refractivity (Wildman–Crippen MR) is 82.7 cm³/mol. The van der Waals surface area contributed by atoms with Crippen LogP contribution < -0.4 is 11.1 Å². The summed E-state index contributed by atoms with van der Waals surface area (Å²) in [6, 6.07) is 0. The van der Waals surface area contributed by atoms with Crippen LogP contribution in [-0.4, -0.2) is 54.1 Å². The molecule has 0 bridgehead atoms. The van der Waals surface area contributed by atoms with Crippen LogP contribution in [0.5, 0.6) is 0 Å². The largest absolute Gasteiger partial charge is 0.481 e. The van der Waals surface area contributed by atoms with Crippen LogP contribution in [0.15, 0.2) is 0 Å². The Hall–Kier alpha value is -0.400. The second-order valence-corrected chi connectivity index (χ2v) is 6.25. The van der Waals surface area contributed by atoms with Crippen molar-refractivity contribution in [3.8, 4) is 0 Å². The number of hydrogen-bond donors (Lipinski definition) is 3. The maximum Gasteiger partial charge on any atom is 0.308 e. The number of carbonyl (C=O) groups is 2. The molecule has 0 aliphatic heterocycles. The third-order valence-electron chi connectivity index (χ3n) is 2.87. The molecule has 0 saturated heterocycles. The zero-order valence-electron chi connectivity index (χ0n) is 11.6. The molecular weight excluding hydrogens is 284 g/mol. The fourth-order valence-corrected chi connectivity index (χ4v) is 2.60. The van der Waals surface area contributed by atoms with Gasteiger partial charge in [0.1, 0.15) is 0 Å². The van der Waals surface area contributed by atoms with E-state index >= 15 is 0 Å². The molecule has 0 aliphatic carbocycles. The molecule has 0 radical (unpaired) electrons. The molecule has 0 aromatic rings. The Morgan fingerprint density at radius 1 is 1.16 bits per heavy atom. The van der Waals surface area contributed by atoms with E-state index in [2.05, 4.69) is 5.32 Å². The van der Waals surface area contributed by atoms with Crippen molar-refractivity contribution in [2.24, 2.45) is 17.6 Å². The van der Waals surface area contributed by atoms with E-state index in [0.29, 0.717) is 13.0 Å². The van der Waals surface area contributed by atoms with Crippen molar-refractivity contribution in [3.63, 3.8) is 0 Å². The molecule has 0 fully saturated rings. The molecule has 0 heterocycles. The van der Waals surface area contributed by atoms with E-state index in [0.717, 1.165) is 17.9 Å². The molecule has 0 aromatic heterocycles. The molecule has 5 nitrogen and oxygen atoms in total. The van der Waals surface area contributed by atoms with E-state index in [1.54, 1.807) is 23.5 Å². The number of carbonyl (C=O) groups excluding carboxylic acids is 1. The molecule has 2 atom stereocenters. The minimum atomic E-state index is -0.859. The minimum absolute atomic E-state index is 0.132. The van der Waals surface area contributed by atoms with E-state index in [1.165, 1.54) is 0 Å². The van der Waals surface area contributed by atoms with E-state index in [1.807, 2.05) is 12.5 Å². The zero-order valence-corrected chi connectivity index (χ0v) is 13.2. The van der Waals surface area contributed by atoms with Crippen molar-refractivity contribution >= 4 is 35.4 Å². The van der Waals surface area contributed by atoms with Crippen molar-refractivity contribution < 1.29 is 14.7 Å².